The first-order chi connectivity index (χ1) is 9.29. The van der Waals surface area contributed by atoms with E-state index in [4.69, 9.17) is 16.0 Å². The number of hydrogen-bond donors (Lipinski definition) is 1. The van der Waals surface area contributed by atoms with Gasteiger partial charge in [0.15, 0.2) is 0 Å². The highest BCUT2D eigenvalue weighted by Gasteiger charge is 2.19. The van der Waals surface area contributed by atoms with Crippen molar-refractivity contribution in [1.29, 1.82) is 0 Å². The summed E-state index contributed by atoms with van der Waals surface area (Å²) in [4.78, 5) is -0.431. The highest BCUT2D eigenvalue weighted by Crippen LogP contribution is 2.20. The van der Waals surface area contributed by atoms with Gasteiger partial charge in [-0.25, -0.2) is 17.5 Å². The fourth-order valence-corrected chi connectivity index (χ4v) is 3.03. The van der Waals surface area contributed by atoms with Crippen LogP contribution < -0.4 is 4.72 Å². The van der Waals surface area contributed by atoms with Crippen LogP contribution in [0.15, 0.2) is 33.6 Å². The third-order valence-electron chi connectivity index (χ3n) is 2.78. The van der Waals surface area contributed by atoms with Crippen molar-refractivity contribution in [3.05, 3.63) is 52.2 Å². The minimum Gasteiger partial charge on any atom is -0.466 e. The van der Waals surface area contributed by atoms with Crippen LogP contribution >= 0.6 is 11.6 Å². The van der Waals surface area contributed by atoms with Gasteiger partial charge in [-0.15, -0.1) is 0 Å². The maximum Gasteiger partial charge on any atom is 0.243 e. The molecule has 20 heavy (non-hydrogen) atoms. The average Bonchev–Trinajstić information content (AvgIpc) is 2.65. The topological polar surface area (TPSA) is 59.3 Å². The summed E-state index contributed by atoms with van der Waals surface area (Å²) in [6, 6.07) is 5.15. The quantitative estimate of drug-likeness (QED) is 0.942. The van der Waals surface area contributed by atoms with Gasteiger partial charge in [0.2, 0.25) is 10.0 Å². The SMILES string of the molecule is Cc1cc(CNS(=O)(=O)c2ccc(Cl)cc2F)c(C)o1. The fourth-order valence-electron chi connectivity index (χ4n) is 1.80. The maximum absolute atomic E-state index is 13.6. The van der Waals surface area contributed by atoms with Crippen LogP contribution in [0.4, 0.5) is 4.39 Å². The number of hydrogen-bond acceptors (Lipinski definition) is 3. The molecule has 1 N–H and O–H groups in total. The first-order valence-corrected chi connectivity index (χ1v) is 7.66. The molecule has 0 fully saturated rings. The van der Waals surface area contributed by atoms with Gasteiger partial charge in [-0.1, -0.05) is 11.6 Å². The summed E-state index contributed by atoms with van der Waals surface area (Å²) >= 11 is 5.60. The van der Waals surface area contributed by atoms with E-state index in [0.29, 0.717) is 17.1 Å². The second kappa shape index (κ2) is 5.55. The molecule has 0 aliphatic heterocycles. The highest BCUT2D eigenvalue weighted by atomic mass is 35.5. The first kappa shape index (κ1) is 15.0. The van der Waals surface area contributed by atoms with Crippen LogP contribution in [0.2, 0.25) is 5.02 Å². The number of nitrogens with one attached hydrogen (secondary N) is 1. The summed E-state index contributed by atoms with van der Waals surface area (Å²) in [5, 5.41) is 0.141. The number of rotatable bonds is 4. The molecule has 108 valence electrons. The molecule has 1 aromatic heterocycles. The minimum absolute atomic E-state index is 0.0353. The molecule has 2 aromatic rings. The van der Waals surface area contributed by atoms with Crippen molar-refractivity contribution in [1.82, 2.24) is 4.72 Å². The first-order valence-electron chi connectivity index (χ1n) is 5.80. The largest absolute Gasteiger partial charge is 0.466 e. The molecule has 0 unspecified atom stereocenters. The lowest BCUT2D eigenvalue weighted by atomic mass is 10.2. The lowest BCUT2D eigenvalue weighted by Gasteiger charge is -2.07. The Morgan fingerprint density at radius 1 is 1.30 bits per heavy atom. The van der Waals surface area contributed by atoms with Crippen LogP contribution in [0.5, 0.6) is 0 Å². The maximum atomic E-state index is 13.6. The third kappa shape index (κ3) is 3.20. The Kier molecular flexibility index (Phi) is 4.17. The van der Waals surface area contributed by atoms with Crippen LogP contribution in [-0.4, -0.2) is 8.42 Å². The van der Waals surface area contributed by atoms with E-state index in [1.54, 1.807) is 19.9 Å². The number of benzene rings is 1. The minimum atomic E-state index is -3.94. The molecule has 0 amide bonds. The Morgan fingerprint density at radius 3 is 2.55 bits per heavy atom. The molecule has 4 nitrogen and oxygen atoms in total. The lowest BCUT2D eigenvalue weighted by molar-refractivity contribution is 0.500. The predicted molar refractivity (Wildman–Crippen MR) is 73.6 cm³/mol. The van der Waals surface area contributed by atoms with Crippen LogP contribution in [0, 0.1) is 19.7 Å². The van der Waals surface area contributed by atoms with Crippen molar-refractivity contribution in [2.75, 3.05) is 0 Å². The third-order valence-corrected chi connectivity index (χ3v) is 4.45. The molecule has 1 aromatic carbocycles. The Balaban J connectivity index is 2.21. The average molecular weight is 318 g/mol. The van der Waals surface area contributed by atoms with Crippen molar-refractivity contribution in [3.63, 3.8) is 0 Å². The standard InChI is InChI=1S/C13H13ClFNO3S/c1-8-5-10(9(2)19-8)7-16-20(17,18)13-4-3-11(14)6-12(13)15/h3-6,16H,7H2,1-2H3. The van der Waals surface area contributed by atoms with Gasteiger partial charge in [-0.05, 0) is 38.1 Å². The molecule has 1 heterocycles. The zero-order chi connectivity index (χ0) is 14.9. The molecule has 7 heteroatoms. The Bertz CT molecular complexity index is 740. The van der Waals surface area contributed by atoms with E-state index in [-0.39, 0.29) is 11.6 Å². The summed E-state index contributed by atoms with van der Waals surface area (Å²) in [7, 11) is -3.94. The predicted octanol–water partition coefficient (Wildman–Crippen LogP) is 3.17. The van der Waals surface area contributed by atoms with Gasteiger partial charge >= 0.3 is 0 Å². The monoisotopic (exact) mass is 317 g/mol. The van der Waals surface area contributed by atoms with Crippen molar-refractivity contribution in [2.24, 2.45) is 0 Å². The van der Waals surface area contributed by atoms with E-state index in [0.717, 1.165) is 12.1 Å². The number of aryl methyl sites for hydroxylation is 2. The molecule has 0 aliphatic rings. The molecule has 0 spiro atoms. The van der Waals surface area contributed by atoms with Crippen molar-refractivity contribution in [3.8, 4) is 0 Å². The van der Waals surface area contributed by atoms with Crippen molar-refractivity contribution in [2.45, 2.75) is 25.3 Å². The van der Waals surface area contributed by atoms with E-state index >= 15 is 0 Å². The van der Waals surface area contributed by atoms with Crippen molar-refractivity contribution < 1.29 is 17.2 Å². The second-order valence-electron chi connectivity index (χ2n) is 4.34. The molecule has 0 saturated heterocycles. The van der Waals surface area contributed by atoms with E-state index in [2.05, 4.69) is 4.72 Å². The number of halogens is 2. The molecule has 0 atom stereocenters. The number of furan rings is 1. The Labute approximate surface area is 121 Å². The highest BCUT2D eigenvalue weighted by molar-refractivity contribution is 7.89. The molecule has 0 radical (unpaired) electrons. The van der Waals surface area contributed by atoms with Gasteiger partial charge in [0.05, 0.1) is 0 Å². The molecule has 0 saturated carbocycles. The Morgan fingerprint density at radius 2 is 2.00 bits per heavy atom. The van der Waals surface area contributed by atoms with Crippen LogP contribution in [0.3, 0.4) is 0 Å². The molecular weight excluding hydrogens is 305 g/mol. The lowest BCUT2D eigenvalue weighted by Crippen LogP contribution is -2.24. The van der Waals surface area contributed by atoms with Gasteiger partial charge in [0.25, 0.3) is 0 Å². The number of sulfonamides is 1. The summed E-state index contributed by atoms with van der Waals surface area (Å²) in [6.45, 7) is 3.54. The van der Waals surface area contributed by atoms with Crippen molar-refractivity contribution >= 4 is 21.6 Å². The van der Waals surface area contributed by atoms with Gasteiger partial charge in [-0.3, -0.25) is 0 Å². The zero-order valence-electron chi connectivity index (χ0n) is 10.9. The van der Waals surface area contributed by atoms with Crippen LogP contribution in [0.25, 0.3) is 0 Å². The van der Waals surface area contributed by atoms with E-state index in [9.17, 15) is 12.8 Å². The molecule has 2 rings (SSSR count). The summed E-state index contributed by atoms with van der Waals surface area (Å²) in [5.74, 6) is 0.432. The normalized spacial score (nSPS) is 11.8. The van der Waals surface area contributed by atoms with Crippen LogP contribution in [-0.2, 0) is 16.6 Å². The summed E-state index contributed by atoms with van der Waals surface area (Å²) < 4.78 is 45.3. The van der Waals surface area contributed by atoms with Gasteiger partial charge in [0, 0.05) is 17.1 Å². The molecular formula is C13H13ClFNO3S. The van der Waals surface area contributed by atoms with Gasteiger partial charge in [0.1, 0.15) is 22.2 Å². The van der Waals surface area contributed by atoms with Crippen LogP contribution in [0.1, 0.15) is 17.1 Å². The van der Waals surface area contributed by atoms with Gasteiger partial charge in [-0.2, -0.15) is 0 Å². The second-order valence-corrected chi connectivity index (χ2v) is 6.51. The fraction of sp³-hybridized carbons (Fsp3) is 0.231. The Hall–Kier alpha value is -1.37. The van der Waals surface area contributed by atoms with E-state index < -0.39 is 20.7 Å². The summed E-state index contributed by atoms with van der Waals surface area (Å²) in [6.07, 6.45) is 0. The smallest absolute Gasteiger partial charge is 0.243 e. The zero-order valence-corrected chi connectivity index (χ0v) is 12.5. The van der Waals surface area contributed by atoms with E-state index in [1.807, 2.05) is 0 Å². The molecule has 0 bridgehead atoms. The van der Waals surface area contributed by atoms with E-state index in [1.165, 1.54) is 6.07 Å². The van der Waals surface area contributed by atoms with Gasteiger partial charge < -0.3 is 4.42 Å². The molecule has 0 aliphatic carbocycles. The summed E-state index contributed by atoms with van der Waals surface area (Å²) in [5.41, 5.74) is 0.709.